The summed E-state index contributed by atoms with van der Waals surface area (Å²) >= 11 is 0. The highest BCUT2D eigenvalue weighted by molar-refractivity contribution is 6.23. The number of carbonyl (C=O) groups excluding carboxylic acids is 5. The number of benzene rings is 2. The van der Waals surface area contributed by atoms with Crippen molar-refractivity contribution in [2.75, 3.05) is 6.54 Å². The third-order valence-electron chi connectivity index (χ3n) is 6.80. The van der Waals surface area contributed by atoms with Crippen LogP contribution in [0.3, 0.4) is 0 Å². The van der Waals surface area contributed by atoms with E-state index in [2.05, 4.69) is 10.6 Å². The minimum Gasteiger partial charge on any atom is -0.356 e. The van der Waals surface area contributed by atoms with Gasteiger partial charge in [0.25, 0.3) is 11.8 Å². The molecule has 8 nitrogen and oxygen atoms in total. The van der Waals surface area contributed by atoms with Crippen LogP contribution in [-0.2, 0) is 20.8 Å². The zero-order valence-electron chi connectivity index (χ0n) is 19.9. The van der Waals surface area contributed by atoms with Gasteiger partial charge >= 0.3 is 0 Å². The van der Waals surface area contributed by atoms with Gasteiger partial charge in [-0.05, 0) is 54.5 Å². The summed E-state index contributed by atoms with van der Waals surface area (Å²) in [5.41, 5.74) is 3.26. The molecule has 35 heavy (non-hydrogen) atoms. The molecule has 0 bridgehead atoms. The highest BCUT2D eigenvalue weighted by atomic mass is 16.2. The maximum atomic E-state index is 13.0. The van der Waals surface area contributed by atoms with Gasteiger partial charge in [-0.15, -0.1) is 0 Å². The molecule has 4 rings (SSSR count). The molecule has 182 valence electrons. The quantitative estimate of drug-likeness (QED) is 0.570. The summed E-state index contributed by atoms with van der Waals surface area (Å²) in [6, 6.07) is 11.9. The minimum atomic E-state index is -0.978. The zero-order valence-corrected chi connectivity index (χ0v) is 19.9. The van der Waals surface area contributed by atoms with Crippen molar-refractivity contribution in [1.82, 2.24) is 15.5 Å². The minimum absolute atomic E-state index is 0.0534. The van der Waals surface area contributed by atoms with Crippen LogP contribution in [0.5, 0.6) is 0 Å². The lowest BCUT2D eigenvalue weighted by Gasteiger charge is -2.27. The van der Waals surface area contributed by atoms with Gasteiger partial charge in [0, 0.05) is 18.9 Å². The van der Waals surface area contributed by atoms with Crippen LogP contribution >= 0.6 is 0 Å². The van der Waals surface area contributed by atoms with Crippen LogP contribution in [0.1, 0.15) is 65.8 Å². The average Bonchev–Trinajstić information content (AvgIpc) is 3.10. The Hall–Kier alpha value is -3.81. The smallest absolute Gasteiger partial charge is 0.262 e. The number of fused-ring (bicyclic) bond motifs is 1. The predicted octanol–water partition coefficient (Wildman–Crippen LogP) is 2.85. The number of hydrogen-bond acceptors (Lipinski definition) is 5. The number of nitrogens with zero attached hydrogens (tertiary/aromatic N) is 1. The number of piperidine rings is 1. The van der Waals surface area contributed by atoms with E-state index in [9.17, 15) is 24.0 Å². The topological polar surface area (TPSA) is 113 Å². The van der Waals surface area contributed by atoms with Gasteiger partial charge in [0.15, 0.2) is 0 Å². The number of imide groups is 2. The number of nitrogens with one attached hydrogen (secondary N) is 2. The molecular weight excluding hydrogens is 446 g/mol. The molecule has 5 amide bonds. The van der Waals surface area contributed by atoms with E-state index in [4.69, 9.17) is 0 Å². The van der Waals surface area contributed by atoms with Crippen LogP contribution in [0.15, 0.2) is 42.5 Å². The van der Waals surface area contributed by atoms with Gasteiger partial charge in [0.1, 0.15) is 6.04 Å². The monoisotopic (exact) mass is 475 g/mol. The molecule has 2 heterocycles. The SMILES string of the molecule is CCC(CC)C(=O)NCCc1ccc(-c2ccc3c(c2)C(=O)N(C2CCC(=O)NC2=O)C3=O)cc1. The van der Waals surface area contributed by atoms with Crippen molar-refractivity contribution >= 4 is 29.5 Å². The standard InChI is InChI=1S/C27H29N3O5/c1-3-17(4-2)24(32)28-14-13-16-5-7-18(8-6-16)19-9-10-20-21(15-19)27(35)30(26(20)34)22-11-12-23(31)29-25(22)33/h5-10,15,17,22H,3-4,11-14H2,1-2H3,(H,28,32)(H,29,31,33). The van der Waals surface area contributed by atoms with Crippen molar-refractivity contribution in [2.45, 2.75) is 52.0 Å². The first-order valence-corrected chi connectivity index (χ1v) is 12.1. The Morgan fingerprint density at radius 3 is 2.29 bits per heavy atom. The fraction of sp³-hybridized carbons (Fsp3) is 0.370. The highest BCUT2D eigenvalue weighted by Gasteiger charge is 2.44. The first-order chi connectivity index (χ1) is 16.8. The molecule has 1 unspecified atom stereocenters. The van der Waals surface area contributed by atoms with E-state index in [1.54, 1.807) is 18.2 Å². The first-order valence-electron chi connectivity index (χ1n) is 12.1. The van der Waals surface area contributed by atoms with Crippen molar-refractivity contribution in [3.8, 4) is 11.1 Å². The van der Waals surface area contributed by atoms with Crippen LogP contribution in [0.4, 0.5) is 0 Å². The Morgan fingerprint density at radius 2 is 1.63 bits per heavy atom. The Labute approximate surface area is 204 Å². The van der Waals surface area contributed by atoms with E-state index >= 15 is 0 Å². The van der Waals surface area contributed by atoms with Gasteiger partial charge in [0.05, 0.1) is 11.1 Å². The second-order valence-electron chi connectivity index (χ2n) is 8.96. The van der Waals surface area contributed by atoms with Crippen LogP contribution in [-0.4, -0.2) is 47.0 Å². The fourth-order valence-electron chi connectivity index (χ4n) is 4.65. The van der Waals surface area contributed by atoms with Gasteiger partial charge in [-0.2, -0.15) is 0 Å². The lowest BCUT2D eigenvalue weighted by molar-refractivity contribution is -0.136. The maximum Gasteiger partial charge on any atom is 0.262 e. The molecule has 1 saturated heterocycles. The van der Waals surface area contributed by atoms with Crippen molar-refractivity contribution in [1.29, 1.82) is 0 Å². The zero-order chi connectivity index (χ0) is 25.1. The van der Waals surface area contributed by atoms with Crippen LogP contribution in [0, 0.1) is 5.92 Å². The van der Waals surface area contributed by atoms with E-state index in [1.807, 2.05) is 38.1 Å². The second-order valence-corrected chi connectivity index (χ2v) is 8.96. The molecule has 2 aliphatic rings. The van der Waals surface area contributed by atoms with Crippen LogP contribution < -0.4 is 10.6 Å². The van der Waals surface area contributed by atoms with E-state index in [-0.39, 0.29) is 35.8 Å². The number of hydrogen-bond donors (Lipinski definition) is 2. The highest BCUT2D eigenvalue weighted by Crippen LogP contribution is 2.31. The molecular formula is C27H29N3O5. The van der Waals surface area contributed by atoms with Gasteiger partial charge in [0.2, 0.25) is 17.7 Å². The molecule has 0 spiro atoms. The summed E-state index contributed by atoms with van der Waals surface area (Å²) in [5, 5.41) is 5.19. The van der Waals surface area contributed by atoms with E-state index < -0.39 is 29.7 Å². The first kappa shape index (κ1) is 24.3. The number of rotatable bonds is 8. The summed E-state index contributed by atoms with van der Waals surface area (Å²) in [5.74, 6) is -1.92. The lowest BCUT2D eigenvalue weighted by atomic mass is 9.98. The molecule has 0 radical (unpaired) electrons. The Balaban J connectivity index is 1.44. The predicted molar refractivity (Wildman–Crippen MR) is 129 cm³/mol. The molecule has 8 heteroatoms. The molecule has 1 atom stereocenters. The molecule has 2 aliphatic heterocycles. The van der Waals surface area contributed by atoms with E-state index in [1.165, 1.54) is 0 Å². The van der Waals surface area contributed by atoms with Crippen molar-refractivity contribution in [2.24, 2.45) is 5.92 Å². The molecule has 2 aromatic rings. The van der Waals surface area contributed by atoms with Gasteiger partial charge in [-0.1, -0.05) is 44.2 Å². The molecule has 1 fully saturated rings. The van der Waals surface area contributed by atoms with E-state index in [0.29, 0.717) is 13.0 Å². The third kappa shape index (κ3) is 4.87. The van der Waals surface area contributed by atoms with Crippen LogP contribution in [0.25, 0.3) is 11.1 Å². The second kappa shape index (κ2) is 10.2. The molecule has 2 N–H and O–H groups in total. The van der Waals surface area contributed by atoms with Crippen molar-refractivity contribution < 1.29 is 24.0 Å². The average molecular weight is 476 g/mol. The largest absolute Gasteiger partial charge is 0.356 e. The van der Waals surface area contributed by atoms with Gasteiger partial charge in [-0.3, -0.25) is 34.2 Å². The number of carbonyl (C=O) groups is 5. The number of amides is 5. The molecule has 0 aliphatic carbocycles. The summed E-state index contributed by atoms with van der Waals surface area (Å²) in [6.45, 7) is 4.60. The molecule has 0 aromatic heterocycles. The fourth-order valence-corrected chi connectivity index (χ4v) is 4.65. The Morgan fingerprint density at radius 1 is 0.971 bits per heavy atom. The van der Waals surface area contributed by atoms with Crippen molar-refractivity contribution in [3.05, 3.63) is 59.2 Å². The summed E-state index contributed by atoms with van der Waals surface area (Å²) in [6.07, 6.45) is 2.59. The van der Waals surface area contributed by atoms with Gasteiger partial charge in [-0.25, -0.2) is 0 Å². The Kier molecular flexibility index (Phi) is 7.10. The third-order valence-corrected chi connectivity index (χ3v) is 6.80. The lowest BCUT2D eigenvalue weighted by Crippen LogP contribution is -2.54. The Bertz CT molecular complexity index is 1180. The summed E-state index contributed by atoms with van der Waals surface area (Å²) < 4.78 is 0. The summed E-state index contributed by atoms with van der Waals surface area (Å²) in [7, 11) is 0. The normalized spacial score (nSPS) is 17.6. The summed E-state index contributed by atoms with van der Waals surface area (Å²) in [4.78, 5) is 62.7. The van der Waals surface area contributed by atoms with E-state index in [0.717, 1.165) is 34.4 Å². The maximum absolute atomic E-state index is 13.0. The van der Waals surface area contributed by atoms with Crippen molar-refractivity contribution in [3.63, 3.8) is 0 Å². The molecule has 0 saturated carbocycles. The van der Waals surface area contributed by atoms with Gasteiger partial charge < -0.3 is 5.32 Å². The molecule has 2 aromatic carbocycles. The van der Waals surface area contributed by atoms with Crippen LogP contribution in [0.2, 0.25) is 0 Å².